The van der Waals surface area contributed by atoms with Crippen LogP contribution in [-0.2, 0) is 0 Å². The molecule has 0 aliphatic rings. The number of hydrogen-bond donors (Lipinski definition) is 0. The van der Waals surface area contributed by atoms with Gasteiger partial charge in [0, 0.05) is 13.1 Å². The minimum Gasteiger partial charge on any atom is -0.334 e. The van der Waals surface area contributed by atoms with Gasteiger partial charge in [0.1, 0.15) is 0 Å². The van der Waals surface area contributed by atoms with Crippen molar-refractivity contribution in [1.29, 1.82) is 0 Å². The molecule has 1 amide bonds. The zero-order valence-electron chi connectivity index (χ0n) is 8.70. The van der Waals surface area contributed by atoms with Gasteiger partial charge in [-0.25, -0.2) is 0 Å². The third kappa shape index (κ3) is 3.47. The van der Waals surface area contributed by atoms with E-state index in [9.17, 15) is 4.79 Å². The maximum atomic E-state index is 12.0. The molecule has 0 unspecified atom stereocenters. The average Bonchev–Trinajstić information content (AvgIpc) is 2.63. The molecule has 0 saturated carbocycles. The highest BCUT2D eigenvalue weighted by Gasteiger charge is 2.15. The summed E-state index contributed by atoms with van der Waals surface area (Å²) in [6.45, 7) is 7.12. The molecule has 0 fully saturated rings. The molecule has 0 N–H and O–H groups in total. The molecule has 82 valence electrons. The largest absolute Gasteiger partial charge is 0.334 e. The fourth-order valence-electron chi connectivity index (χ4n) is 1.29. The molecule has 0 aromatic carbocycles. The Morgan fingerprint density at radius 3 is 2.87 bits per heavy atom. The Hall–Kier alpha value is -0.610. The summed E-state index contributed by atoms with van der Waals surface area (Å²) in [5, 5.41) is 0. The Bertz CT molecular complexity index is 348. The number of halogens is 1. The SMILES string of the molecule is C=CCN(CCC)C(=O)c1ccc(Br)s1. The van der Waals surface area contributed by atoms with Crippen LogP contribution in [0.25, 0.3) is 0 Å². The van der Waals surface area contributed by atoms with Crippen molar-refractivity contribution in [1.82, 2.24) is 4.90 Å². The van der Waals surface area contributed by atoms with Gasteiger partial charge < -0.3 is 4.90 Å². The zero-order valence-corrected chi connectivity index (χ0v) is 11.1. The van der Waals surface area contributed by atoms with Gasteiger partial charge >= 0.3 is 0 Å². The fraction of sp³-hybridized carbons (Fsp3) is 0.364. The van der Waals surface area contributed by atoms with E-state index in [1.807, 2.05) is 17.0 Å². The first kappa shape index (κ1) is 12.5. The number of hydrogen-bond acceptors (Lipinski definition) is 2. The van der Waals surface area contributed by atoms with Crippen LogP contribution in [0.15, 0.2) is 28.6 Å². The molecule has 1 aromatic rings. The predicted molar refractivity (Wildman–Crippen MR) is 68.4 cm³/mol. The van der Waals surface area contributed by atoms with Gasteiger partial charge in [0.15, 0.2) is 0 Å². The van der Waals surface area contributed by atoms with Crippen molar-refractivity contribution in [2.75, 3.05) is 13.1 Å². The second-order valence-corrected chi connectivity index (χ2v) is 5.61. The van der Waals surface area contributed by atoms with Crippen LogP contribution >= 0.6 is 27.3 Å². The minimum atomic E-state index is 0.0902. The van der Waals surface area contributed by atoms with Crippen molar-refractivity contribution in [2.24, 2.45) is 0 Å². The summed E-state index contributed by atoms with van der Waals surface area (Å²) in [5.41, 5.74) is 0. The summed E-state index contributed by atoms with van der Waals surface area (Å²) >= 11 is 4.82. The third-order valence-corrected chi connectivity index (χ3v) is 3.53. The fourth-order valence-corrected chi connectivity index (χ4v) is 2.64. The molecule has 0 atom stereocenters. The normalized spacial score (nSPS) is 10.0. The highest BCUT2D eigenvalue weighted by Crippen LogP contribution is 2.23. The zero-order chi connectivity index (χ0) is 11.3. The smallest absolute Gasteiger partial charge is 0.264 e. The molecule has 2 nitrogen and oxygen atoms in total. The maximum absolute atomic E-state index is 12.0. The van der Waals surface area contributed by atoms with E-state index in [1.54, 1.807) is 6.08 Å². The minimum absolute atomic E-state index is 0.0902. The first-order valence-electron chi connectivity index (χ1n) is 4.84. The van der Waals surface area contributed by atoms with Gasteiger partial charge in [0.25, 0.3) is 5.91 Å². The van der Waals surface area contributed by atoms with E-state index in [2.05, 4.69) is 29.4 Å². The highest BCUT2D eigenvalue weighted by atomic mass is 79.9. The molecular formula is C11H14BrNOS. The summed E-state index contributed by atoms with van der Waals surface area (Å²) in [4.78, 5) is 14.6. The number of amides is 1. The number of nitrogens with zero attached hydrogens (tertiary/aromatic N) is 1. The molecule has 1 aromatic heterocycles. The van der Waals surface area contributed by atoms with Crippen molar-refractivity contribution in [3.05, 3.63) is 33.5 Å². The Morgan fingerprint density at radius 2 is 2.40 bits per heavy atom. The Morgan fingerprint density at radius 1 is 1.67 bits per heavy atom. The van der Waals surface area contributed by atoms with Crippen molar-refractivity contribution >= 4 is 33.2 Å². The van der Waals surface area contributed by atoms with Crippen LogP contribution in [0.2, 0.25) is 0 Å². The standard InChI is InChI=1S/C11H14BrNOS/c1-3-7-13(8-4-2)11(14)9-5-6-10(12)15-9/h3,5-6H,1,4,7-8H2,2H3. The van der Waals surface area contributed by atoms with E-state index in [1.165, 1.54) is 11.3 Å². The number of carbonyl (C=O) groups excluding carboxylic acids is 1. The third-order valence-electron chi connectivity index (χ3n) is 1.91. The van der Waals surface area contributed by atoms with E-state index in [-0.39, 0.29) is 5.91 Å². The molecule has 4 heteroatoms. The molecule has 0 bridgehead atoms. The van der Waals surface area contributed by atoms with Gasteiger partial charge in [-0.1, -0.05) is 13.0 Å². The van der Waals surface area contributed by atoms with Crippen LogP contribution in [0.4, 0.5) is 0 Å². The molecule has 0 aliphatic carbocycles. The Kier molecular flexibility index (Phi) is 5.05. The molecule has 0 aliphatic heterocycles. The van der Waals surface area contributed by atoms with Gasteiger partial charge in [-0.05, 0) is 34.5 Å². The van der Waals surface area contributed by atoms with Gasteiger partial charge in [-0.2, -0.15) is 0 Å². The van der Waals surface area contributed by atoms with E-state index < -0.39 is 0 Å². The molecular weight excluding hydrogens is 274 g/mol. The van der Waals surface area contributed by atoms with Crippen LogP contribution in [-0.4, -0.2) is 23.9 Å². The van der Waals surface area contributed by atoms with Crippen molar-refractivity contribution in [2.45, 2.75) is 13.3 Å². The van der Waals surface area contributed by atoms with Crippen molar-refractivity contribution < 1.29 is 4.79 Å². The number of thiophene rings is 1. The van der Waals surface area contributed by atoms with Crippen LogP contribution < -0.4 is 0 Å². The molecule has 0 radical (unpaired) electrons. The number of rotatable bonds is 5. The summed E-state index contributed by atoms with van der Waals surface area (Å²) in [5.74, 6) is 0.0902. The molecule has 1 rings (SSSR count). The van der Waals surface area contributed by atoms with Gasteiger partial charge in [0.2, 0.25) is 0 Å². The van der Waals surface area contributed by atoms with Gasteiger partial charge in [-0.3, -0.25) is 4.79 Å². The lowest BCUT2D eigenvalue weighted by molar-refractivity contribution is 0.0779. The monoisotopic (exact) mass is 287 g/mol. The summed E-state index contributed by atoms with van der Waals surface area (Å²) < 4.78 is 0.987. The van der Waals surface area contributed by atoms with Crippen LogP contribution in [0.3, 0.4) is 0 Å². The maximum Gasteiger partial charge on any atom is 0.264 e. The quantitative estimate of drug-likeness (QED) is 0.759. The van der Waals surface area contributed by atoms with E-state index >= 15 is 0 Å². The second-order valence-electron chi connectivity index (χ2n) is 3.14. The Balaban J connectivity index is 2.75. The van der Waals surface area contributed by atoms with Gasteiger partial charge in [-0.15, -0.1) is 17.9 Å². The lowest BCUT2D eigenvalue weighted by atomic mass is 10.3. The lowest BCUT2D eigenvalue weighted by Gasteiger charge is -2.19. The molecule has 0 spiro atoms. The Labute approximate surface area is 103 Å². The highest BCUT2D eigenvalue weighted by molar-refractivity contribution is 9.11. The predicted octanol–water partition coefficient (Wildman–Crippen LogP) is 3.55. The van der Waals surface area contributed by atoms with Gasteiger partial charge in [0.05, 0.1) is 8.66 Å². The van der Waals surface area contributed by atoms with E-state index in [0.717, 1.165) is 21.6 Å². The first-order chi connectivity index (χ1) is 7.19. The summed E-state index contributed by atoms with van der Waals surface area (Å²) in [6.07, 6.45) is 2.72. The average molecular weight is 288 g/mol. The molecule has 15 heavy (non-hydrogen) atoms. The van der Waals surface area contributed by atoms with E-state index in [4.69, 9.17) is 0 Å². The summed E-state index contributed by atoms with van der Waals surface area (Å²) in [6, 6.07) is 3.75. The molecule has 0 saturated heterocycles. The van der Waals surface area contributed by atoms with Crippen LogP contribution in [0.1, 0.15) is 23.0 Å². The first-order valence-corrected chi connectivity index (χ1v) is 6.45. The molecule has 1 heterocycles. The topological polar surface area (TPSA) is 20.3 Å². The number of carbonyl (C=O) groups is 1. The van der Waals surface area contributed by atoms with Crippen molar-refractivity contribution in [3.8, 4) is 0 Å². The van der Waals surface area contributed by atoms with Crippen LogP contribution in [0.5, 0.6) is 0 Å². The summed E-state index contributed by atoms with van der Waals surface area (Å²) in [7, 11) is 0. The van der Waals surface area contributed by atoms with Crippen molar-refractivity contribution in [3.63, 3.8) is 0 Å². The van der Waals surface area contributed by atoms with Crippen LogP contribution in [0, 0.1) is 0 Å². The second kappa shape index (κ2) is 6.08. The van der Waals surface area contributed by atoms with E-state index in [0.29, 0.717) is 6.54 Å². The lowest BCUT2D eigenvalue weighted by Crippen LogP contribution is -2.31.